The maximum atomic E-state index is 12.2. The van der Waals surface area contributed by atoms with Gasteiger partial charge in [-0.1, -0.05) is 48.0 Å². The Morgan fingerprint density at radius 2 is 1.81 bits per heavy atom. The fourth-order valence-electron chi connectivity index (χ4n) is 1.88. The van der Waals surface area contributed by atoms with E-state index in [2.05, 4.69) is 5.32 Å². The third kappa shape index (κ3) is 3.61. The van der Waals surface area contributed by atoms with Gasteiger partial charge in [-0.3, -0.25) is 4.79 Å². The second-order valence-electron chi connectivity index (χ2n) is 4.62. The zero-order chi connectivity index (χ0) is 15.4. The molecule has 1 atom stereocenters. The fourth-order valence-corrected chi connectivity index (χ4v) is 2.06. The SMILES string of the molecule is Cc1ccc(C(=O)NC(C(=O)O)c2ccccc2)cc1Cl. The molecule has 0 radical (unpaired) electrons. The van der Waals surface area contributed by atoms with Crippen LogP contribution in [-0.2, 0) is 4.79 Å². The molecule has 2 aromatic rings. The summed E-state index contributed by atoms with van der Waals surface area (Å²) in [6, 6.07) is 12.3. The number of carbonyl (C=O) groups excluding carboxylic acids is 1. The van der Waals surface area contributed by atoms with Crippen molar-refractivity contribution in [1.29, 1.82) is 0 Å². The zero-order valence-corrected chi connectivity index (χ0v) is 12.1. The van der Waals surface area contributed by atoms with Gasteiger partial charge in [0.2, 0.25) is 0 Å². The van der Waals surface area contributed by atoms with Crippen molar-refractivity contribution in [2.45, 2.75) is 13.0 Å². The van der Waals surface area contributed by atoms with Gasteiger partial charge in [-0.05, 0) is 30.2 Å². The zero-order valence-electron chi connectivity index (χ0n) is 11.3. The number of carbonyl (C=O) groups is 2. The molecule has 0 saturated carbocycles. The summed E-state index contributed by atoms with van der Waals surface area (Å²) in [6.45, 7) is 1.83. The van der Waals surface area contributed by atoms with Crippen molar-refractivity contribution < 1.29 is 14.7 Å². The van der Waals surface area contributed by atoms with Crippen molar-refractivity contribution in [3.05, 3.63) is 70.2 Å². The molecule has 0 aliphatic heterocycles. The molecule has 0 spiro atoms. The third-order valence-electron chi connectivity index (χ3n) is 3.09. The van der Waals surface area contributed by atoms with Crippen molar-refractivity contribution >= 4 is 23.5 Å². The number of aryl methyl sites for hydroxylation is 1. The summed E-state index contributed by atoms with van der Waals surface area (Å²) in [5, 5.41) is 12.2. The van der Waals surface area contributed by atoms with Crippen molar-refractivity contribution in [3.8, 4) is 0 Å². The van der Waals surface area contributed by atoms with Crippen LogP contribution in [0, 0.1) is 6.92 Å². The van der Waals surface area contributed by atoms with E-state index >= 15 is 0 Å². The molecule has 1 unspecified atom stereocenters. The molecule has 5 heteroatoms. The molecular formula is C16H14ClNO3. The predicted molar refractivity (Wildman–Crippen MR) is 80.5 cm³/mol. The molecule has 0 saturated heterocycles. The second kappa shape index (κ2) is 6.41. The molecule has 1 amide bonds. The molecule has 2 rings (SSSR count). The smallest absolute Gasteiger partial charge is 0.330 e. The first kappa shape index (κ1) is 15.1. The molecule has 0 aromatic heterocycles. The Morgan fingerprint density at radius 1 is 1.14 bits per heavy atom. The van der Waals surface area contributed by atoms with Gasteiger partial charge in [0.15, 0.2) is 6.04 Å². The molecule has 21 heavy (non-hydrogen) atoms. The van der Waals surface area contributed by atoms with Crippen LogP contribution in [0.25, 0.3) is 0 Å². The summed E-state index contributed by atoms with van der Waals surface area (Å²) in [4.78, 5) is 23.5. The topological polar surface area (TPSA) is 66.4 Å². The number of carboxylic acid groups (broad SMARTS) is 1. The standard InChI is InChI=1S/C16H14ClNO3/c1-10-7-8-12(9-13(10)17)15(19)18-14(16(20)21)11-5-3-2-4-6-11/h2-9,14H,1H3,(H,18,19)(H,20,21). The van der Waals surface area contributed by atoms with E-state index in [0.717, 1.165) is 5.56 Å². The molecule has 0 aliphatic rings. The number of amides is 1. The Bertz CT molecular complexity index is 670. The van der Waals surface area contributed by atoms with Crippen molar-refractivity contribution in [2.24, 2.45) is 0 Å². The summed E-state index contributed by atoms with van der Waals surface area (Å²) in [6.07, 6.45) is 0. The number of rotatable bonds is 4. The highest BCUT2D eigenvalue weighted by Gasteiger charge is 2.22. The lowest BCUT2D eigenvalue weighted by molar-refractivity contribution is -0.139. The average Bonchev–Trinajstić information content (AvgIpc) is 2.48. The maximum Gasteiger partial charge on any atom is 0.330 e. The van der Waals surface area contributed by atoms with Gasteiger partial charge in [-0.25, -0.2) is 4.79 Å². The van der Waals surface area contributed by atoms with Gasteiger partial charge in [-0.2, -0.15) is 0 Å². The van der Waals surface area contributed by atoms with Crippen LogP contribution in [0.15, 0.2) is 48.5 Å². The first-order valence-corrected chi connectivity index (χ1v) is 6.71. The minimum absolute atomic E-state index is 0.327. The molecule has 0 bridgehead atoms. The number of aliphatic carboxylic acids is 1. The number of halogens is 1. The highest BCUT2D eigenvalue weighted by Crippen LogP contribution is 2.18. The van der Waals surface area contributed by atoms with Gasteiger partial charge < -0.3 is 10.4 Å². The lowest BCUT2D eigenvalue weighted by Crippen LogP contribution is -2.33. The van der Waals surface area contributed by atoms with E-state index in [-0.39, 0.29) is 0 Å². The van der Waals surface area contributed by atoms with Gasteiger partial charge in [0.25, 0.3) is 5.91 Å². The van der Waals surface area contributed by atoms with Gasteiger partial charge in [0.05, 0.1) is 0 Å². The Kier molecular flexibility index (Phi) is 4.60. The van der Waals surface area contributed by atoms with Crippen molar-refractivity contribution in [1.82, 2.24) is 5.32 Å². The molecule has 4 nitrogen and oxygen atoms in total. The van der Waals surface area contributed by atoms with Crippen molar-refractivity contribution in [3.63, 3.8) is 0 Å². The van der Waals surface area contributed by atoms with E-state index in [1.807, 2.05) is 6.92 Å². The van der Waals surface area contributed by atoms with Crippen LogP contribution in [0.4, 0.5) is 0 Å². The highest BCUT2D eigenvalue weighted by molar-refractivity contribution is 6.31. The average molecular weight is 304 g/mol. The fraction of sp³-hybridized carbons (Fsp3) is 0.125. The summed E-state index contributed by atoms with van der Waals surface area (Å²) >= 11 is 5.98. The molecule has 2 aromatic carbocycles. The van der Waals surface area contributed by atoms with E-state index in [1.54, 1.807) is 42.5 Å². The van der Waals surface area contributed by atoms with Gasteiger partial charge in [0.1, 0.15) is 0 Å². The number of hydrogen-bond donors (Lipinski definition) is 2. The van der Waals surface area contributed by atoms with Crippen LogP contribution in [-0.4, -0.2) is 17.0 Å². The first-order chi connectivity index (χ1) is 9.99. The number of hydrogen-bond acceptors (Lipinski definition) is 2. The molecule has 0 heterocycles. The van der Waals surface area contributed by atoms with E-state index in [1.165, 1.54) is 6.07 Å². The van der Waals surface area contributed by atoms with Crippen LogP contribution < -0.4 is 5.32 Å². The van der Waals surface area contributed by atoms with Crippen LogP contribution in [0.2, 0.25) is 5.02 Å². The lowest BCUT2D eigenvalue weighted by Gasteiger charge is -2.15. The van der Waals surface area contributed by atoms with Gasteiger partial charge in [0, 0.05) is 10.6 Å². The molecular weight excluding hydrogens is 290 g/mol. The molecule has 0 fully saturated rings. The minimum Gasteiger partial charge on any atom is -0.479 e. The normalized spacial score (nSPS) is 11.7. The largest absolute Gasteiger partial charge is 0.479 e. The quantitative estimate of drug-likeness (QED) is 0.911. The van der Waals surface area contributed by atoms with E-state index < -0.39 is 17.9 Å². The minimum atomic E-state index is -1.12. The number of nitrogens with one attached hydrogen (secondary N) is 1. The highest BCUT2D eigenvalue weighted by atomic mass is 35.5. The van der Waals surface area contributed by atoms with Crippen LogP contribution in [0.3, 0.4) is 0 Å². The van der Waals surface area contributed by atoms with Crippen LogP contribution >= 0.6 is 11.6 Å². The molecule has 0 aliphatic carbocycles. The Balaban J connectivity index is 2.23. The summed E-state index contributed by atoms with van der Waals surface area (Å²) in [5.41, 5.74) is 1.69. The Hall–Kier alpha value is -2.33. The Morgan fingerprint density at radius 3 is 2.38 bits per heavy atom. The second-order valence-corrected chi connectivity index (χ2v) is 5.03. The summed E-state index contributed by atoms with van der Waals surface area (Å²) in [7, 11) is 0. The Labute approximate surface area is 127 Å². The van der Waals surface area contributed by atoms with Gasteiger partial charge in [-0.15, -0.1) is 0 Å². The van der Waals surface area contributed by atoms with E-state index in [0.29, 0.717) is 16.1 Å². The number of benzene rings is 2. The third-order valence-corrected chi connectivity index (χ3v) is 3.50. The van der Waals surface area contributed by atoms with Crippen LogP contribution in [0.5, 0.6) is 0 Å². The summed E-state index contributed by atoms with van der Waals surface area (Å²) < 4.78 is 0. The first-order valence-electron chi connectivity index (χ1n) is 6.34. The number of carboxylic acids is 1. The molecule has 2 N–H and O–H groups in total. The summed E-state index contributed by atoms with van der Waals surface area (Å²) in [5.74, 6) is -1.60. The lowest BCUT2D eigenvalue weighted by atomic mass is 10.1. The van der Waals surface area contributed by atoms with Crippen LogP contribution in [0.1, 0.15) is 27.5 Å². The maximum absolute atomic E-state index is 12.2. The molecule has 108 valence electrons. The monoisotopic (exact) mass is 303 g/mol. The van der Waals surface area contributed by atoms with Gasteiger partial charge >= 0.3 is 5.97 Å². The van der Waals surface area contributed by atoms with E-state index in [4.69, 9.17) is 11.6 Å². The van der Waals surface area contributed by atoms with Crippen molar-refractivity contribution in [2.75, 3.05) is 0 Å². The van der Waals surface area contributed by atoms with E-state index in [9.17, 15) is 14.7 Å². The predicted octanol–water partition coefficient (Wildman–Crippen LogP) is 3.20.